The van der Waals surface area contributed by atoms with Gasteiger partial charge in [0.25, 0.3) is 0 Å². The van der Waals surface area contributed by atoms with Crippen molar-refractivity contribution < 1.29 is 9.50 Å². The third kappa shape index (κ3) is 2.53. The van der Waals surface area contributed by atoms with E-state index in [1.807, 2.05) is 16.7 Å². The Morgan fingerprint density at radius 3 is 2.76 bits per heavy atom. The number of rotatable bonds is 3. The van der Waals surface area contributed by atoms with Crippen molar-refractivity contribution in [3.8, 4) is 17.1 Å². The molecule has 108 valence electrons. The molecule has 2 aromatic carbocycles. The summed E-state index contributed by atoms with van der Waals surface area (Å²) in [4.78, 5) is 4.55. The van der Waals surface area contributed by atoms with E-state index in [9.17, 15) is 9.50 Å². The van der Waals surface area contributed by atoms with Crippen LogP contribution < -0.4 is 0 Å². The van der Waals surface area contributed by atoms with Crippen LogP contribution in [-0.2, 0) is 6.54 Å². The summed E-state index contributed by atoms with van der Waals surface area (Å²) in [6.07, 6.45) is 0.895. The number of fused-ring (bicyclic) bond motifs is 1. The number of aromatic nitrogens is 2. The summed E-state index contributed by atoms with van der Waals surface area (Å²) in [5, 5.41) is 10.2. The van der Waals surface area contributed by atoms with Crippen LogP contribution in [0.1, 0.15) is 13.3 Å². The molecular formula is C16H14BrFN2O. The Balaban J connectivity index is 2.28. The predicted octanol–water partition coefficient (Wildman–Crippen LogP) is 4.72. The van der Waals surface area contributed by atoms with E-state index in [-0.39, 0.29) is 11.6 Å². The molecule has 0 unspecified atom stereocenters. The molecule has 0 atom stereocenters. The van der Waals surface area contributed by atoms with Gasteiger partial charge < -0.3 is 9.67 Å². The molecule has 21 heavy (non-hydrogen) atoms. The van der Waals surface area contributed by atoms with Gasteiger partial charge in [-0.1, -0.05) is 22.9 Å². The van der Waals surface area contributed by atoms with Gasteiger partial charge >= 0.3 is 0 Å². The lowest BCUT2D eigenvalue weighted by Gasteiger charge is -2.09. The summed E-state index contributed by atoms with van der Waals surface area (Å²) in [6, 6.07) is 9.84. The second-order valence-corrected chi connectivity index (χ2v) is 5.80. The zero-order chi connectivity index (χ0) is 15.0. The molecule has 0 bridgehead atoms. The van der Waals surface area contributed by atoms with Gasteiger partial charge in [0.1, 0.15) is 17.4 Å². The van der Waals surface area contributed by atoms with E-state index in [1.165, 1.54) is 12.1 Å². The van der Waals surface area contributed by atoms with Crippen molar-refractivity contribution in [3.05, 3.63) is 46.7 Å². The molecule has 1 N–H and O–H groups in total. The molecule has 5 heteroatoms. The van der Waals surface area contributed by atoms with Crippen molar-refractivity contribution >= 4 is 27.0 Å². The molecule has 0 fully saturated rings. The van der Waals surface area contributed by atoms with Crippen molar-refractivity contribution in [1.82, 2.24) is 9.55 Å². The Morgan fingerprint density at radius 2 is 2.05 bits per heavy atom. The molecule has 0 spiro atoms. The number of hydrogen-bond donors (Lipinski definition) is 1. The Morgan fingerprint density at radius 1 is 1.24 bits per heavy atom. The van der Waals surface area contributed by atoms with Crippen molar-refractivity contribution in [2.24, 2.45) is 0 Å². The van der Waals surface area contributed by atoms with Gasteiger partial charge in [0.2, 0.25) is 0 Å². The lowest BCUT2D eigenvalue weighted by atomic mass is 10.2. The first kappa shape index (κ1) is 14.1. The maximum Gasteiger partial charge on any atom is 0.144 e. The SMILES string of the molecule is CCCn1c(-c2ccc(Br)cc2O)nc2ccc(F)cc21. The summed E-state index contributed by atoms with van der Waals surface area (Å²) in [6.45, 7) is 2.77. The minimum Gasteiger partial charge on any atom is -0.507 e. The quantitative estimate of drug-likeness (QED) is 0.743. The van der Waals surface area contributed by atoms with Gasteiger partial charge in [-0.25, -0.2) is 9.37 Å². The van der Waals surface area contributed by atoms with Gasteiger partial charge in [-0.2, -0.15) is 0 Å². The van der Waals surface area contributed by atoms with Crippen molar-refractivity contribution in [3.63, 3.8) is 0 Å². The number of aromatic hydroxyl groups is 1. The highest BCUT2D eigenvalue weighted by atomic mass is 79.9. The lowest BCUT2D eigenvalue weighted by Crippen LogP contribution is -2.00. The predicted molar refractivity (Wildman–Crippen MR) is 84.8 cm³/mol. The van der Waals surface area contributed by atoms with Crippen LogP contribution in [0.5, 0.6) is 5.75 Å². The Kier molecular flexibility index (Phi) is 3.68. The number of imidazole rings is 1. The van der Waals surface area contributed by atoms with E-state index < -0.39 is 0 Å². The highest BCUT2D eigenvalue weighted by Gasteiger charge is 2.15. The van der Waals surface area contributed by atoms with Gasteiger partial charge in [-0.3, -0.25) is 0 Å². The third-order valence-electron chi connectivity index (χ3n) is 3.36. The van der Waals surface area contributed by atoms with Gasteiger partial charge in [-0.05, 0) is 42.8 Å². The molecule has 0 saturated carbocycles. The fourth-order valence-electron chi connectivity index (χ4n) is 2.45. The number of phenolic OH excluding ortho intramolecular Hbond substituents is 1. The lowest BCUT2D eigenvalue weighted by molar-refractivity contribution is 0.476. The third-order valence-corrected chi connectivity index (χ3v) is 3.85. The molecule has 0 radical (unpaired) electrons. The molecule has 0 amide bonds. The van der Waals surface area contributed by atoms with Crippen LogP contribution >= 0.6 is 15.9 Å². The summed E-state index contributed by atoms with van der Waals surface area (Å²) in [7, 11) is 0. The molecule has 1 aromatic heterocycles. The molecule has 0 aliphatic rings. The van der Waals surface area contributed by atoms with Crippen LogP contribution in [0.2, 0.25) is 0 Å². The molecule has 3 nitrogen and oxygen atoms in total. The normalized spacial score (nSPS) is 11.2. The fraction of sp³-hybridized carbons (Fsp3) is 0.188. The zero-order valence-corrected chi connectivity index (χ0v) is 13.1. The monoisotopic (exact) mass is 348 g/mol. The van der Waals surface area contributed by atoms with Crippen LogP contribution in [0, 0.1) is 5.82 Å². The van der Waals surface area contributed by atoms with E-state index in [4.69, 9.17) is 0 Å². The highest BCUT2D eigenvalue weighted by Crippen LogP contribution is 2.33. The zero-order valence-electron chi connectivity index (χ0n) is 11.5. The van der Waals surface area contributed by atoms with Crippen molar-refractivity contribution in [2.75, 3.05) is 0 Å². The minimum absolute atomic E-state index is 0.150. The number of phenols is 1. The first-order chi connectivity index (χ1) is 10.1. The molecule has 0 aliphatic heterocycles. The molecule has 3 aromatic rings. The van der Waals surface area contributed by atoms with Crippen LogP contribution in [0.25, 0.3) is 22.4 Å². The van der Waals surface area contributed by atoms with E-state index >= 15 is 0 Å². The molecular weight excluding hydrogens is 335 g/mol. The summed E-state index contributed by atoms with van der Waals surface area (Å²) < 4.78 is 16.2. The Labute approximate surface area is 130 Å². The number of aryl methyl sites for hydroxylation is 1. The van der Waals surface area contributed by atoms with Crippen molar-refractivity contribution in [2.45, 2.75) is 19.9 Å². The maximum atomic E-state index is 13.5. The standard InChI is InChI=1S/C16H14BrFN2O/c1-2-7-20-14-9-11(18)4-6-13(14)19-16(20)12-5-3-10(17)8-15(12)21/h3-6,8-9,21H,2,7H2,1H3. The second kappa shape index (κ2) is 5.48. The van der Waals surface area contributed by atoms with Gasteiger partial charge in [0.15, 0.2) is 0 Å². The summed E-state index contributed by atoms with van der Waals surface area (Å²) in [5.41, 5.74) is 2.11. The Bertz CT molecular complexity index is 813. The minimum atomic E-state index is -0.286. The molecule has 1 heterocycles. The first-order valence-corrected chi connectivity index (χ1v) is 7.54. The van der Waals surface area contributed by atoms with Crippen molar-refractivity contribution in [1.29, 1.82) is 0 Å². The Hall–Kier alpha value is -1.88. The second-order valence-electron chi connectivity index (χ2n) is 4.88. The van der Waals surface area contributed by atoms with Crippen LogP contribution in [0.15, 0.2) is 40.9 Å². The van der Waals surface area contributed by atoms with Gasteiger partial charge in [-0.15, -0.1) is 0 Å². The summed E-state index contributed by atoms with van der Waals surface area (Å²) >= 11 is 3.33. The number of hydrogen-bond acceptors (Lipinski definition) is 2. The van der Waals surface area contributed by atoms with E-state index in [2.05, 4.69) is 27.8 Å². The average molecular weight is 349 g/mol. The molecule has 0 aliphatic carbocycles. The first-order valence-electron chi connectivity index (χ1n) is 6.75. The highest BCUT2D eigenvalue weighted by molar-refractivity contribution is 9.10. The van der Waals surface area contributed by atoms with E-state index in [0.717, 1.165) is 21.9 Å². The average Bonchev–Trinajstić information content (AvgIpc) is 2.78. The molecule has 0 saturated heterocycles. The van der Waals surface area contributed by atoms with Crippen LogP contribution in [0.4, 0.5) is 4.39 Å². The van der Waals surface area contributed by atoms with Gasteiger partial charge in [0.05, 0.1) is 16.6 Å². The van der Waals surface area contributed by atoms with E-state index in [0.29, 0.717) is 17.9 Å². The van der Waals surface area contributed by atoms with Crippen LogP contribution in [0.3, 0.4) is 0 Å². The number of nitrogens with zero attached hydrogens (tertiary/aromatic N) is 2. The number of benzene rings is 2. The summed E-state index contributed by atoms with van der Waals surface area (Å²) in [5.74, 6) is 0.520. The number of halogens is 2. The molecule has 3 rings (SSSR count). The van der Waals surface area contributed by atoms with Crippen LogP contribution in [-0.4, -0.2) is 14.7 Å². The topological polar surface area (TPSA) is 38.0 Å². The maximum absolute atomic E-state index is 13.5. The smallest absolute Gasteiger partial charge is 0.144 e. The van der Waals surface area contributed by atoms with Gasteiger partial charge in [0, 0.05) is 11.0 Å². The van der Waals surface area contributed by atoms with E-state index in [1.54, 1.807) is 12.1 Å². The largest absolute Gasteiger partial charge is 0.507 e. The fourth-order valence-corrected chi connectivity index (χ4v) is 2.79.